The maximum absolute atomic E-state index is 13.4. The van der Waals surface area contributed by atoms with E-state index in [1.54, 1.807) is 24.3 Å². The molecule has 0 bridgehead atoms. The van der Waals surface area contributed by atoms with Gasteiger partial charge in [-0.05, 0) is 156 Å². The number of rotatable bonds is 20. The number of hydrogen-bond acceptors (Lipinski definition) is 22. The maximum atomic E-state index is 13.4. The van der Waals surface area contributed by atoms with Crippen molar-refractivity contribution in [3.63, 3.8) is 0 Å². The minimum Gasteiger partial charge on any atom is -0.505 e. The number of carbonyl (C=O) groups is 8. The second-order valence-electron chi connectivity index (χ2n) is 32.0. The van der Waals surface area contributed by atoms with Crippen molar-refractivity contribution >= 4 is 120 Å². The molecule has 38 heteroatoms. The lowest BCUT2D eigenvalue weighted by Gasteiger charge is -2.44. The Morgan fingerprint density at radius 1 is 0.344 bits per heavy atom. The Balaban J connectivity index is 0.000000143. The molecule has 8 fully saturated rings. The number of nitrogens with one attached hydrogen (secondary N) is 4. The van der Waals surface area contributed by atoms with Gasteiger partial charge in [-0.15, -0.1) is 0 Å². The average molecular weight is 1850 g/mol. The van der Waals surface area contributed by atoms with Gasteiger partial charge in [0, 0.05) is 94.2 Å². The van der Waals surface area contributed by atoms with Gasteiger partial charge in [0.05, 0.1) is 77.7 Å². The van der Waals surface area contributed by atoms with E-state index < -0.39 is 78.7 Å². The summed E-state index contributed by atoms with van der Waals surface area (Å²) in [6.45, 7) is 9.65. The van der Waals surface area contributed by atoms with Gasteiger partial charge in [0.15, 0.2) is 28.9 Å². The third-order valence-electron chi connectivity index (χ3n) is 24.1. The molecule has 31 nitrogen and oxygen atoms in total. The predicted octanol–water partition coefficient (Wildman–Crippen LogP) is 8.21. The van der Waals surface area contributed by atoms with Crippen molar-refractivity contribution in [2.75, 3.05) is 78.5 Å². The van der Waals surface area contributed by atoms with E-state index in [0.717, 1.165) is 21.0 Å². The third kappa shape index (κ3) is 20.1. The lowest BCUT2D eigenvalue weighted by atomic mass is 9.96. The van der Waals surface area contributed by atoms with Crippen LogP contribution in [-0.4, -0.2) is 231 Å². The number of benzene rings is 8. The molecule has 4 amide bonds. The summed E-state index contributed by atoms with van der Waals surface area (Å²) in [5, 5.41) is 21.7. The number of piperidine rings is 4. The van der Waals surface area contributed by atoms with Crippen LogP contribution in [0.4, 0.5) is 0 Å². The summed E-state index contributed by atoms with van der Waals surface area (Å²) in [6, 6.07) is 55.2. The normalized spacial score (nSPS) is 19.5. The number of hydrogen-bond donors (Lipinski definition) is 5. The summed E-state index contributed by atoms with van der Waals surface area (Å²) in [4.78, 5) is 101. The average Bonchev–Trinajstić information content (AvgIpc) is 1.63. The Hall–Kier alpha value is -9.87. The molecule has 4 spiro atoms. The minimum absolute atomic E-state index is 0.00757. The molecule has 0 atom stereocenters. The molecule has 16 rings (SSSR count). The van der Waals surface area contributed by atoms with Crippen molar-refractivity contribution in [1.82, 2.24) is 57.5 Å². The van der Waals surface area contributed by atoms with Gasteiger partial charge in [-0.3, -0.25) is 53.5 Å². The second kappa shape index (κ2) is 37.6. The number of nitrogens with zero attached hydrogens (tertiary/aromatic N) is 8. The molecule has 0 unspecified atom stereocenters. The smallest absolute Gasteiger partial charge is 0.245 e. The molecule has 0 saturated carbocycles. The predicted molar refractivity (Wildman–Crippen MR) is 464 cm³/mol. The number of ketones is 4. The van der Waals surface area contributed by atoms with Gasteiger partial charge in [0.2, 0.25) is 73.7 Å². The van der Waals surface area contributed by atoms with Crippen LogP contribution in [0.3, 0.4) is 0 Å². The molecular weight excluding hydrogens is 1750 g/mol. The van der Waals surface area contributed by atoms with E-state index in [1.165, 1.54) is 130 Å². The molecule has 8 aliphatic heterocycles. The molecule has 662 valence electrons. The molecular formula is C87H96Cl2N12O19S5. The van der Waals surface area contributed by atoms with Crippen LogP contribution in [-0.2, 0) is 88.9 Å². The van der Waals surface area contributed by atoms with Gasteiger partial charge in [-0.25, -0.2) is 42.1 Å². The van der Waals surface area contributed by atoms with Crippen molar-refractivity contribution in [2.45, 2.75) is 146 Å². The highest BCUT2D eigenvalue weighted by atomic mass is 35.5. The molecule has 8 saturated heterocycles. The number of carbonyl (C=O) groups excluding carboxylic acids is 8. The van der Waals surface area contributed by atoms with E-state index >= 15 is 0 Å². The number of phenols is 1. The van der Waals surface area contributed by atoms with Gasteiger partial charge in [-0.1, -0.05) is 163 Å². The van der Waals surface area contributed by atoms with Gasteiger partial charge in [0.25, 0.3) is 0 Å². The molecule has 5 N–H and O–H groups in total. The number of amides is 4. The summed E-state index contributed by atoms with van der Waals surface area (Å²) < 4.78 is 138. The van der Waals surface area contributed by atoms with Gasteiger partial charge in [-0.2, -0.15) is 21.5 Å². The van der Waals surface area contributed by atoms with E-state index in [-0.39, 0.29) is 140 Å². The fourth-order valence-electron chi connectivity index (χ4n) is 17.0. The van der Waals surface area contributed by atoms with Crippen LogP contribution >= 0.6 is 23.2 Å². The molecule has 0 aromatic heterocycles. The van der Waals surface area contributed by atoms with E-state index in [9.17, 15) is 85.6 Å². The Morgan fingerprint density at radius 2 is 0.608 bits per heavy atom. The standard InChI is InChI=1S/C23H25N3O7S2.2C22H25N3O4S.C20H21Cl2N3O4S/c1-16(27)18-3-7-20(8-4-18)34(30,31)25-13-11-23(12-14-25)24-22(29)15-26(23)35(32,33)21-9-5-19(6-10-21)17(2)28;1-17(26)19-7-9-20(10-8-19)30(28,29)24-13-11-22(12-14-24)23-15-21(27)25(22)16-18-5-3-2-4-6-18;1-17(26)19-7-9-20(10-8-19)30(28,29)25-13-11-22(12-14-25)23-21(27)16-24(22)15-18-5-3-2-4-6-18;21-16-10-15(11-17(22)19(16)27)30(28,29)25-8-6-20(7-9-25)23-18(26)13-24(20)12-14-4-2-1-3-5-14/h3-10H,11-15H2,1-2H3,(H,24,29);2-10,23H,11-16H2,1H3;2-10H,11-16H2,1H3,(H,23,27);1-5,10-11,27H,6-9,12-13H2,(H,23,26). The largest absolute Gasteiger partial charge is 0.505 e. The van der Waals surface area contributed by atoms with Crippen molar-refractivity contribution in [1.29, 1.82) is 0 Å². The topological polar surface area (TPSA) is 402 Å². The molecule has 8 aliphatic rings. The van der Waals surface area contributed by atoms with Crippen molar-refractivity contribution in [3.05, 3.63) is 249 Å². The van der Waals surface area contributed by atoms with Gasteiger partial charge >= 0.3 is 0 Å². The molecule has 8 aromatic carbocycles. The third-order valence-corrected chi connectivity index (χ3v) is 34.3. The fourth-order valence-corrected chi connectivity index (χ4v) is 25.2. The number of halogens is 2. The van der Waals surface area contributed by atoms with E-state index in [0.29, 0.717) is 113 Å². The summed E-state index contributed by atoms with van der Waals surface area (Å²) in [5.41, 5.74) is 2.14. The van der Waals surface area contributed by atoms with Crippen LogP contribution in [0.5, 0.6) is 5.75 Å². The van der Waals surface area contributed by atoms with Crippen molar-refractivity contribution in [2.24, 2.45) is 0 Å². The Morgan fingerprint density at radius 3 is 0.920 bits per heavy atom. The Kier molecular flexibility index (Phi) is 27.9. The van der Waals surface area contributed by atoms with Crippen LogP contribution in [0.25, 0.3) is 0 Å². The van der Waals surface area contributed by atoms with Crippen molar-refractivity contribution in [3.8, 4) is 5.75 Å². The second-order valence-corrected chi connectivity index (χ2v) is 42.4. The first-order valence-corrected chi connectivity index (χ1v) is 48.4. The zero-order valence-corrected chi connectivity index (χ0v) is 74.6. The quantitative estimate of drug-likeness (QED) is 0.0448. The Bertz CT molecular complexity index is 5900. The highest BCUT2D eigenvalue weighted by Crippen LogP contribution is 2.42. The lowest BCUT2D eigenvalue weighted by molar-refractivity contribution is -0.132. The monoisotopic (exact) mass is 1840 g/mol. The number of sulfonamides is 5. The van der Waals surface area contributed by atoms with Gasteiger partial charge in [0.1, 0.15) is 5.66 Å². The van der Waals surface area contributed by atoms with Crippen LogP contribution in [0.1, 0.15) is 137 Å². The zero-order chi connectivity index (χ0) is 89.8. The van der Waals surface area contributed by atoms with Crippen LogP contribution < -0.4 is 21.3 Å². The maximum Gasteiger partial charge on any atom is 0.245 e. The number of Topliss-reactive ketones (excluding diaryl/α,β-unsaturated/α-hetero) is 4. The molecule has 0 aliphatic carbocycles. The van der Waals surface area contributed by atoms with Crippen LogP contribution in [0, 0.1) is 0 Å². The minimum atomic E-state index is -4.10. The SMILES string of the molecule is CC(=O)c1ccc(S(=O)(=O)N2CCC3(CC2)NC(=O)CN3Cc2ccccc2)cc1.CC(=O)c1ccc(S(=O)(=O)N2CCC3(CC2)NC(=O)CN3S(=O)(=O)c2ccc(C(C)=O)cc2)cc1.CC(=O)c1ccc(S(=O)(=O)N2CCC3(CC2)NCC(=O)N3Cc2ccccc2)cc1.O=C1CN(Cc2ccccc2)C2(CCN(S(=O)(=O)c3cc(Cl)c(O)c(Cl)c3)CC2)N1. The lowest BCUT2D eigenvalue weighted by Crippen LogP contribution is -2.60. The van der Waals surface area contributed by atoms with Gasteiger partial charge < -0.3 is 26.0 Å². The van der Waals surface area contributed by atoms with E-state index in [2.05, 4.69) is 31.1 Å². The summed E-state index contributed by atoms with van der Waals surface area (Å²) in [6.07, 6.45) is 3.15. The first kappa shape index (κ1) is 92.8. The van der Waals surface area contributed by atoms with Crippen LogP contribution in [0.15, 0.2) is 225 Å². The number of phenolic OH excluding ortho intramolecular Hbond substituents is 1. The highest BCUT2D eigenvalue weighted by molar-refractivity contribution is 7.90. The van der Waals surface area contributed by atoms with E-state index in [4.69, 9.17) is 23.2 Å². The first-order chi connectivity index (χ1) is 59.2. The van der Waals surface area contributed by atoms with E-state index in [1.807, 2.05) is 95.9 Å². The zero-order valence-electron chi connectivity index (χ0n) is 69.0. The number of aromatic hydroxyl groups is 1. The Labute approximate surface area is 737 Å². The van der Waals surface area contributed by atoms with Crippen LogP contribution in [0.2, 0.25) is 10.0 Å². The molecule has 8 aromatic rings. The van der Waals surface area contributed by atoms with Crippen molar-refractivity contribution < 1.29 is 85.6 Å². The molecule has 8 heterocycles. The summed E-state index contributed by atoms with van der Waals surface area (Å²) in [7, 11) is -19.1. The first-order valence-electron chi connectivity index (χ1n) is 40.5. The summed E-state index contributed by atoms with van der Waals surface area (Å²) >= 11 is 11.8. The molecule has 125 heavy (non-hydrogen) atoms. The fraction of sp³-hybridized carbons (Fsp3) is 0.356. The highest BCUT2D eigenvalue weighted by Gasteiger charge is 2.55. The summed E-state index contributed by atoms with van der Waals surface area (Å²) in [5.74, 6) is -1.44. The molecule has 0 radical (unpaired) electrons.